The van der Waals surface area contributed by atoms with E-state index in [4.69, 9.17) is 4.74 Å². The van der Waals surface area contributed by atoms with Gasteiger partial charge in [-0.15, -0.1) is 11.8 Å². The maximum absolute atomic E-state index is 12.2. The topological polar surface area (TPSA) is 26.3 Å². The summed E-state index contributed by atoms with van der Waals surface area (Å²) >= 11 is 1.59. The van der Waals surface area contributed by atoms with Gasteiger partial charge in [-0.1, -0.05) is 32.9 Å². The van der Waals surface area contributed by atoms with E-state index in [2.05, 4.69) is 20.8 Å². The maximum atomic E-state index is 12.2. The lowest BCUT2D eigenvalue weighted by atomic mass is 9.77. The monoisotopic (exact) mass is 244 g/mol. The van der Waals surface area contributed by atoms with Crippen LogP contribution in [0.15, 0.2) is 12.2 Å². The SMILES string of the molecule is C/C=C/CC(SC)(C(=O)OCC)C(C)(C)C. The number of carbonyl (C=O) groups is 1. The molecular formula is C13H24O2S. The average molecular weight is 244 g/mol. The summed E-state index contributed by atoms with van der Waals surface area (Å²) in [5.74, 6) is -0.104. The molecule has 0 heterocycles. The lowest BCUT2D eigenvalue weighted by molar-refractivity contribution is -0.149. The number of hydrogen-bond acceptors (Lipinski definition) is 3. The molecule has 94 valence electrons. The van der Waals surface area contributed by atoms with Crippen LogP contribution in [0, 0.1) is 5.41 Å². The lowest BCUT2D eigenvalue weighted by Crippen LogP contribution is -2.47. The van der Waals surface area contributed by atoms with Crippen LogP contribution in [0.2, 0.25) is 0 Å². The fraction of sp³-hybridized carbons (Fsp3) is 0.769. The van der Waals surface area contributed by atoms with E-state index in [1.165, 1.54) is 0 Å². The van der Waals surface area contributed by atoms with Crippen LogP contribution in [0.1, 0.15) is 41.0 Å². The van der Waals surface area contributed by atoms with Gasteiger partial charge in [0.15, 0.2) is 0 Å². The van der Waals surface area contributed by atoms with Gasteiger partial charge < -0.3 is 4.74 Å². The maximum Gasteiger partial charge on any atom is 0.323 e. The number of hydrogen-bond donors (Lipinski definition) is 0. The second-order valence-electron chi connectivity index (χ2n) is 4.77. The predicted octanol–water partition coefficient (Wildman–Crippen LogP) is 3.66. The summed E-state index contributed by atoms with van der Waals surface area (Å²) in [5, 5.41) is 0. The normalized spacial score (nSPS) is 16.1. The van der Waals surface area contributed by atoms with Crippen molar-refractivity contribution in [1.29, 1.82) is 0 Å². The van der Waals surface area contributed by atoms with Gasteiger partial charge in [-0.25, -0.2) is 0 Å². The van der Waals surface area contributed by atoms with Crippen LogP contribution >= 0.6 is 11.8 Å². The molecule has 0 amide bonds. The van der Waals surface area contributed by atoms with Crippen molar-refractivity contribution in [2.45, 2.75) is 45.8 Å². The molecule has 0 saturated carbocycles. The minimum atomic E-state index is -0.491. The van der Waals surface area contributed by atoms with E-state index in [0.717, 1.165) is 0 Å². The van der Waals surface area contributed by atoms with E-state index < -0.39 is 4.75 Å². The van der Waals surface area contributed by atoms with Gasteiger partial charge in [-0.3, -0.25) is 4.79 Å². The fourth-order valence-electron chi connectivity index (χ4n) is 1.70. The number of esters is 1. The number of carbonyl (C=O) groups excluding carboxylic acids is 1. The van der Waals surface area contributed by atoms with Crippen LogP contribution in [0.4, 0.5) is 0 Å². The van der Waals surface area contributed by atoms with E-state index >= 15 is 0 Å². The van der Waals surface area contributed by atoms with Crippen LogP contribution in [0.5, 0.6) is 0 Å². The zero-order valence-corrected chi connectivity index (χ0v) is 12.1. The molecule has 0 aliphatic carbocycles. The summed E-state index contributed by atoms with van der Waals surface area (Å²) in [6, 6.07) is 0. The molecule has 0 bridgehead atoms. The first-order valence-electron chi connectivity index (χ1n) is 5.69. The Kier molecular flexibility index (Phi) is 6.16. The van der Waals surface area contributed by atoms with Crippen LogP contribution < -0.4 is 0 Å². The van der Waals surface area contributed by atoms with Crippen molar-refractivity contribution < 1.29 is 9.53 Å². The van der Waals surface area contributed by atoms with E-state index in [1.54, 1.807) is 11.8 Å². The second-order valence-corrected chi connectivity index (χ2v) is 5.88. The largest absolute Gasteiger partial charge is 0.465 e. The smallest absolute Gasteiger partial charge is 0.323 e. The molecule has 1 unspecified atom stereocenters. The third-order valence-electron chi connectivity index (χ3n) is 2.81. The highest BCUT2D eigenvalue weighted by molar-refractivity contribution is 8.00. The highest BCUT2D eigenvalue weighted by Gasteiger charge is 2.48. The molecule has 0 aliphatic heterocycles. The number of ether oxygens (including phenoxy) is 1. The van der Waals surface area contributed by atoms with Gasteiger partial charge in [-0.05, 0) is 31.9 Å². The van der Waals surface area contributed by atoms with Crippen molar-refractivity contribution in [2.24, 2.45) is 5.41 Å². The van der Waals surface area contributed by atoms with E-state index in [-0.39, 0.29) is 11.4 Å². The average Bonchev–Trinajstić information content (AvgIpc) is 2.18. The Labute approximate surface area is 104 Å². The molecular weight excluding hydrogens is 220 g/mol. The molecule has 0 aromatic rings. The van der Waals surface area contributed by atoms with Crippen molar-refractivity contribution >= 4 is 17.7 Å². The third kappa shape index (κ3) is 3.27. The van der Waals surface area contributed by atoms with Gasteiger partial charge in [0, 0.05) is 0 Å². The van der Waals surface area contributed by atoms with Crippen LogP contribution in [0.25, 0.3) is 0 Å². The molecule has 0 aromatic carbocycles. The number of allylic oxidation sites excluding steroid dienone is 2. The highest BCUT2D eigenvalue weighted by atomic mass is 32.2. The lowest BCUT2D eigenvalue weighted by Gasteiger charge is -2.40. The van der Waals surface area contributed by atoms with Crippen molar-refractivity contribution in [3.8, 4) is 0 Å². The Balaban J connectivity index is 5.19. The summed E-state index contributed by atoms with van der Waals surface area (Å²) < 4.78 is 4.74. The highest BCUT2D eigenvalue weighted by Crippen LogP contribution is 2.44. The summed E-state index contributed by atoms with van der Waals surface area (Å²) in [7, 11) is 0. The third-order valence-corrected chi connectivity index (χ3v) is 4.45. The zero-order valence-electron chi connectivity index (χ0n) is 11.3. The van der Waals surface area contributed by atoms with Crippen molar-refractivity contribution in [3.05, 3.63) is 12.2 Å². The Morgan fingerprint density at radius 2 is 1.94 bits per heavy atom. The minimum absolute atomic E-state index is 0.104. The molecule has 3 heteroatoms. The van der Waals surface area contributed by atoms with Crippen LogP contribution in [-0.2, 0) is 9.53 Å². The molecule has 0 aromatic heterocycles. The first-order chi connectivity index (χ1) is 7.35. The Bertz CT molecular complexity index is 253. The first-order valence-corrected chi connectivity index (χ1v) is 6.91. The van der Waals surface area contributed by atoms with Crippen molar-refractivity contribution in [3.63, 3.8) is 0 Å². The first kappa shape index (κ1) is 15.6. The minimum Gasteiger partial charge on any atom is -0.465 e. The molecule has 0 fully saturated rings. The molecule has 1 atom stereocenters. The van der Waals surface area contributed by atoms with Crippen molar-refractivity contribution in [1.82, 2.24) is 0 Å². The standard InChI is InChI=1S/C13H24O2S/c1-7-9-10-13(16-6,12(3,4)5)11(14)15-8-2/h7,9H,8,10H2,1-6H3/b9-7+. The molecule has 0 N–H and O–H groups in total. The Morgan fingerprint density at radius 1 is 1.38 bits per heavy atom. The van der Waals surface area contributed by atoms with Gasteiger partial charge in [0.25, 0.3) is 0 Å². The van der Waals surface area contributed by atoms with Gasteiger partial charge in [0.05, 0.1) is 6.61 Å². The van der Waals surface area contributed by atoms with Gasteiger partial charge in [0.1, 0.15) is 4.75 Å². The molecule has 16 heavy (non-hydrogen) atoms. The second kappa shape index (κ2) is 6.33. The summed E-state index contributed by atoms with van der Waals surface area (Å²) in [6.07, 6.45) is 6.72. The fourth-order valence-corrected chi connectivity index (χ4v) is 2.80. The zero-order chi connectivity index (χ0) is 12.8. The summed E-state index contributed by atoms with van der Waals surface area (Å²) in [6.45, 7) is 10.5. The molecule has 0 saturated heterocycles. The van der Waals surface area contributed by atoms with Crippen molar-refractivity contribution in [2.75, 3.05) is 12.9 Å². The number of thioether (sulfide) groups is 1. The predicted molar refractivity (Wildman–Crippen MR) is 71.8 cm³/mol. The van der Waals surface area contributed by atoms with Gasteiger partial charge >= 0.3 is 5.97 Å². The number of rotatable bonds is 5. The van der Waals surface area contributed by atoms with E-state index in [0.29, 0.717) is 13.0 Å². The van der Waals surface area contributed by atoms with Crippen LogP contribution in [0.3, 0.4) is 0 Å². The Morgan fingerprint density at radius 3 is 2.25 bits per heavy atom. The van der Waals surface area contributed by atoms with E-state index in [1.807, 2.05) is 32.3 Å². The van der Waals surface area contributed by atoms with Crippen LogP contribution in [-0.4, -0.2) is 23.6 Å². The quantitative estimate of drug-likeness (QED) is 0.545. The molecule has 0 rings (SSSR count). The van der Waals surface area contributed by atoms with Gasteiger partial charge in [0.2, 0.25) is 0 Å². The summed E-state index contributed by atoms with van der Waals surface area (Å²) in [4.78, 5) is 12.2. The van der Waals surface area contributed by atoms with Gasteiger partial charge in [-0.2, -0.15) is 0 Å². The Hall–Kier alpha value is -0.440. The molecule has 0 spiro atoms. The van der Waals surface area contributed by atoms with E-state index in [9.17, 15) is 4.79 Å². The summed E-state index contributed by atoms with van der Waals surface area (Å²) in [5.41, 5.74) is -0.127. The molecule has 0 aliphatic rings. The molecule has 0 radical (unpaired) electrons. The molecule has 2 nitrogen and oxygen atoms in total.